The Bertz CT molecular complexity index is 1300. The van der Waals surface area contributed by atoms with Gasteiger partial charge in [0, 0.05) is 13.6 Å². The molecule has 0 aliphatic rings. The van der Waals surface area contributed by atoms with Gasteiger partial charge in [0.05, 0.1) is 23.1 Å². The number of carbonyl (C=O) groups excluding carboxylic acids is 1. The zero-order chi connectivity index (χ0) is 19.8. The Hall–Kier alpha value is -3.20. The first-order valence-electron chi connectivity index (χ1n) is 8.88. The molecule has 0 saturated heterocycles. The summed E-state index contributed by atoms with van der Waals surface area (Å²) >= 11 is 1.33. The molecule has 3 aromatic heterocycles. The zero-order valence-corrected chi connectivity index (χ0v) is 16.3. The van der Waals surface area contributed by atoms with Crippen LogP contribution in [0.3, 0.4) is 0 Å². The number of amides is 1. The lowest BCUT2D eigenvalue weighted by Gasteiger charge is -2.17. The lowest BCUT2D eigenvalue weighted by atomic mass is 10.3. The zero-order valence-electron chi connectivity index (χ0n) is 15.5. The molecular weight excluding hydrogens is 378 g/mol. The van der Waals surface area contributed by atoms with Crippen LogP contribution in [0.2, 0.25) is 0 Å². The van der Waals surface area contributed by atoms with Gasteiger partial charge in [0.1, 0.15) is 17.1 Å². The van der Waals surface area contributed by atoms with Gasteiger partial charge in [-0.25, -0.2) is 9.78 Å². The lowest BCUT2D eigenvalue weighted by Crippen LogP contribution is -2.34. The third kappa shape index (κ3) is 3.03. The molecule has 0 fully saturated rings. The summed E-state index contributed by atoms with van der Waals surface area (Å²) in [6.45, 7) is 2.51. The summed E-state index contributed by atoms with van der Waals surface area (Å²) in [5.74, 6) is 0.171. The Morgan fingerprint density at radius 2 is 1.89 bits per heavy atom. The van der Waals surface area contributed by atoms with Crippen molar-refractivity contribution in [2.45, 2.75) is 26.6 Å². The van der Waals surface area contributed by atoms with E-state index in [1.807, 2.05) is 36.6 Å². The Morgan fingerprint density at radius 1 is 1.18 bits per heavy atom. The highest BCUT2D eigenvalue weighted by atomic mass is 32.1. The molecule has 144 valence electrons. The number of imidazole rings is 1. The highest BCUT2D eigenvalue weighted by Gasteiger charge is 2.18. The fourth-order valence-corrected chi connectivity index (χ4v) is 4.02. The van der Waals surface area contributed by atoms with E-state index >= 15 is 0 Å². The maximum Gasteiger partial charge on any atom is 0.329 e. The van der Waals surface area contributed by atoms with Crippen LogP contribution in [0.15, 0.2) is 45.3 Å². The van der Waals surface area contributed by atoms with E-state index in [0.717, 1.165) is 11.0 Å². The quantitative estimate of drug-likeness (QED) is 0.556. The maximum atomic E-state index is 12.7. The number of para-hydroxylation sites is 2. The summed E-state index contributed by atoms with van der Waals surface area (Å²) in [4.78, 5) is 46.1. The van der Waals surface area contributed by atoms with E-state index in [-0.39, 0.29) is 30.2 Å². The third-order valence-electron chi connectivity index (χ3n) is 4.71. The van der Waals surface area contributed by atoms with Gasteiger partial charge in [0.2, 0.25) is 5.91 Å². The van der Waals surface area contributed by atoms with Crippen molar-refractivity contribution in [3.63, 3.8) is 0 Å². The van der Waals surface area contributed by atoms with Crippen molar-refractivity contribution in [1.29, 1.82) is 0 Å². The van der Waals surface area contributed by atoms with Crippen molar-refractivity contribution in [2.75, 3.05) is 7.05 Å². The van der Waals surface area contributed by atoms with Gasteiger partial charge < -0.3 is 9.88 Å². The van der Waals surface area contributed by atoms with Crippen LogP contribution in [0.1, 0.15) is 12.7 Å². The molecule has 1 N–H and O–H groups in total. The molecule has 0 bridgehead atoms. The molecule has 0 saturated carbocycles. The molecule has 1 aromatic carbocycles. The Labute approximate surface area is 163 Å². The molecular formula is C19H19N5O3S. The van der Waals surface area contributed by atoms with Gasteiger partial charge in [-0.1, -0.05) is 12.1 Å². The van der Waals surface area contributed by atoms with Crippen LogP contribution in [0, 0.1) is 0 Å². The largest absolute Gasteiger partial charge is 0.337 e. The van der Waals surface area contributed by atoms with E-state index < -0.39 is 0 Å². The predicted octanol–water partition coefficient (Wildman–Crippen LogP) is 1.78. The van der Waals surface area contributed by atoms with Crippen molar-refractivity contribution in [3.8, 4) is 0 Å². The first kappa shape index (κ1) is 18.2. The average molecular weight is 397 g/mol. The van der Waals surface area contributed by atoms with E-state index in [1.165, 1.54) is 20.8 Å². The van der Waals surface area contributed by atoms with Gasteiger partial charge in [-0.2, -0.15) is 0 Å². The summed E-state index contributed by atoms with van der Waals surface area (Å²) in [6.07, 6.45) is 0. The molecule has 8 nitrogen and oxygen atoms in total. The topological polar surface area (TPSA) is 93.0 Å². The van der Waals surface area contributed by atoms with Crippen molar-refractivity contribution in [2.24, 2.45) is 0 Å². The number of rotatable bonds is 5. The molecule has 0 unspecified atom stereocenters. The minimum atomic E-state index is -0.242. The number of H-pyrrole nitrogens is 1. The number of aromatic nitrogens is 4. The normalized spacial score (nSPS) is 11.4. The Morgan fingerprint density at radius 3 is 2.61 bits per heavy atom. The van der Waals surface area contributed by atoms with Crippen molar-refractivity contribution >= 4 is 38.5 Å². The SMILES string of the molecule is CCn1c(=O)n(CC(=O)N(C)Cc2nc3ccsc3c(=O)[nH]2)c2ccccc21. The second-order valence-electron chi connectivity index (χ2n) is 6.50. The van der Waals surface area contributed by atoms with Gasteiger partial charge in [-0.15, -0.1) is 11.3 Å². The molecule has 4 rings (SSSR count). The highest BCUT2D eigenvalue weighted by Crippen LogP contribution is 2.15. The minimum Gasteiger partial charge on any atom is -0.337 e. The number of likely N-dealkylation sites (N-methyl/N-ethyl adjacent to an activating group) is 1. The molecule has 4 aromatic rings. The van der Waals surface area contributed by atoms with Crippen LogP contribution in [0.4, 0.5) is 0 Å². The maximum absolute atomic E-state index is 12.7. The number of nitrogens with one attached hydrogen (secondary N) is 1. The van der Waals surface area contributed by atoms with Crippen LogP contribution in [0.25, 0.3) is 21.3 Å². The number of aromatic amines is 1. The first-order chi connectivity index (χ1) is 13.5. The van der Waals surface area contributed by atoms with Gasteiger partial charge >= 0.3 is 5.69 Å². The van der Waals surface area contributed by atoms with Gasteiger partial charge in [-0.05, 0) is 30.5 Å². The van der Waals surface area contributed by atoms with E-state index in [2.05, 4.69) is 9.97 Å². The minimum absolute atomic E-state index is 0.0756. The number of benzene rings is 1. The number of hydrogen-bond donors (Lipinski definition) is 1. The van der Waals surface area contributed by atoms with Crippen molar-refractivity contribution in [3.05, 3.63) is 62.4 Å². The van der Waals surface area contributed by atoms with E-state index in [9.17, 15) is 14.4 Å². The highest BCUT2D eigenvalue weighted by molar-refractivity contribution is 7.17. The number of fused-ring (bicyclic) bond motifs is 2. The molecule has 1 amide bonds. The van der Waals surface area contributed by atoms with Crippen LogP contribution < -0.4 is 11.2 Å². The summed E-state index contributed by atoms with van der Waals surface area (Å²) in [5.41, 5.74) is 1.73. The molecule has 0 aliphatic carbocycles. The van der Waals surface area contributed by atoms with Crippen molar-refractivity contribution in [1.82, 2.24) is 24.0 Å². The average Bonchev–Trinajstić information content (AvgIpc) is 3.25. The summed E-state index contributed by atoms with van der Waals surface area (Å²) < 4.78 is 3.69. The number of thiophene rings is 1. The molecule has 3 heterocycles. The number of carbonyl (C=O) groups is 1. The molecule has 28 heavy (non-hydrogen) atoms. The van der Waals surface area contributed by atoms with Crippen molar-refractivity contribution < 1.29 is 4.79 Å². The second-order valence-corrected chi connectivity index (χ2v) is 7.42. The Kier molecular flexibility index (Phi) is 4.60. The van der Waals surface area contributed by atoms with Gasteiger partial charge in [0.15, 0.2) is 0 Å². The predicted molar refractivity (Wildman–Crippen MR) is 109 cm³/mol. The standard InChI is InChI=1S/C19H19N5O3S/c1-3-23-13-6-4-5-7-14(13)24(19(23)27)11-16(25)22(2)10-15-20-12-8-9-28-17(12)18(26)21-15/h4-9H,3,10-11H2,1-2H3,(H,20,21,26). The number of aryl methyl sites for hydroxylation is 1. The monoisotopic (exact) mass is 397 g/mol. The van der Waals surface area contributed by atoms with Crippen LogP contribution in [0.5, 0.6) is 0 Å². The lowest BCUT2D eigenvalue weighted by molar-refractivity contribution is -0.131. The number of hydrogen-bond acceptors (Lipinski definition) is 5. The molecule has 0 spiro atoms. The molecule has 0 aliphatic heterocycles. The van der Waals surface area contributed by atoms with Gasteiger partial charge in [-0.3, -0.25) is 18.7 Å². The van der Waals surface area contributed by atoms with Crippen LogP contribution in [-0.4, -0.2) is 37.0 Å². The van der Waals surface area contributed by atoms with Gasteiger partial charge in [0.25, 0.3) is 5.56 Å². The molecule has 9 heteroatoms. The van der Waals surface area contributed by atoms with Crippen LogP contribution >= 0.6 is 11.3 Å². The van der Waals surface area contributed by atoms with E-state index in [4.69, 9.17) is 0 Å². The first-order valence-corrected chi connectivity index (χ1v) is 9.76. The smallest absolute Gasteiger partial charge is 0.329 e. The Balaban J connectivity index is 1.60. The number of nitrogens with zero attached hydrogens (tertiary/aromatic N) is 4. The second kappa shape index (κ2) is 7.08. The fourth-order valence-electron chi connectivity index (χ4n) is 3.30. The van der Waals surface area contributed by atoms with E-state index in [0.29, 0.717) is 22.6 Å². The summed E-state index contributed by atoms with van der Waals surface area (Å²) in [6, 6.07) is 9.20. The summed E-state index contributed by atoms with van der Waals surface area (Å²) in [7, 11) is 1.63. The molecule has 0 radical (unpaired) electrons. The fraction of sp³-hybridized carbons (Fsp3) is 0.263. The van der Waals surface area contributed by atoms with Crippen LogP contribution in [-0.2, 0) is 24.4 Å². The summed E-state index contributed by atoms with van der Waals surface area (Å²) in [5, 5.41) is 1.81. The van der Waals surface area contributed by atoms with E-state index in [1.54, 1.807) is 17.7 Å². The third-order valence-corrected chi connectivity index (χ3v) is 5.61. The molecule has 0 atom stereocenters.